The molecule has 0 radical (unpaired) electrons. The van der Waals surface area contributed by atoms with E-state index in [-0.39, 0.29) is 23.2 Å². The smallest absolute Gasteiger partial charge is 0.267 e. The van der Waals surface area contributed by atoms with Crippen LogP contribution in [0.1, 0.15) is 41.7 Å². The summed E-state index contributed by atoms with van der Waals surface area (Å²) in [7, 11) is 0. The molecule has 23 heavy (non-hydrogen) atoms. The van der Waals surface area contributed by atoms with E-state index in [0.29, 0.717) is 0 Å². The number of amides is 1. The molecule has 2 aliphatic carbocycles. The second-order valence-corrected chi connectivity index (χ2v) is 6.87. The molecule has 2 aliphatic rings. The van der Waals surface area contributed by atoms with Crippen molar-refractivity contribution < 1.29 is 9.18 Å². The summed E-state index contributed by atoms with van der Waals surface area (Å²) < 4.78 is 13.5. The molecule has 0 bridgehead atoms. The average Bonchev–Trinajstić information content (AvgIpc) is 3.48. The third-order valence-corrected chi connectivity index (χ3v) is 5.66. The third-order valence-electron chi connectivity index (χ3n) is 5.66. The molecule has 1 aromatic carbocycles. The van der Waals surface area contributed by atoms with E-state index in [9.17, 15) is 9.18 Å². The van der Waals surface area contributed by atoms with Gasteiger partial charge >= 0.3 is 0 Å². The number of hydrogen-bond donors (Lipinski definition) is 1. The van der Waals surface area contributed by atoms with Crippen molar-refractivity contribution in [2.24, 2.45) is 11.1 Å². The number of aromatic nitrogens is 1. The zero-order valence-electron chi connectivity index (χ0n) is 12.9. The molecule has 0 unspecified atom stereocenters. The molecule has 1 aromatic heterocycles. The maximum absolute atomic E-state index is 13.5. The van der Waals surface area contributed by atoms with E-state index in [2.05, 4.69) is 29.2 Å². The SMILES string of the molecule is NC(=O)c1ccc(-c2ccc(C3(C4(CF)CC4)CC3)cc2)cn1. The zero-order valence-corrected chi connectivity index (χ0v) is 12.9. The van der Waals surface area contributed by atoms with Crippen LogP contribution in [0.3, 0.4) is 0 Å². The van der Waals surface area contributed by atoms with E-state index in [4.69, 9.17) is 5.73 Å². The molecular weight excluding hydrogens is 291 g/mol. The summed E-state index contributed by atoms with van der Waals surface area (Å²) in [6, 6.07) is 11.9. The molecule has 3 nitrogen and oxygen atoms in total. The second kappa shape index (κ2) is 4.88. The van der Waals surface area contributed by atoms with Gasteiger partial charge in [0.15, 0.2) is 0 Å². The Bertz CT molecular complexity index is 744. The molecule has 2 fully saturated rings. The van der Waals surface area contributed by atoms with Gasteiger partial charge in [0.1, 0.15) is 5.69 Å². The number of carbonyl (C=O) groups excluding carboxylic acids is 1. The molecule has 118 valence electrons. The van der Waals surface area contributed by atoms with Gasteiger partial charge < -0.3 is 5.73 Å². The quantitative estimate of drug-likeness (QED) is 0.917. The molecule has 2 N–H and O–H groups in total. The van der Waals surface area contributed by atoms with Crippen LogP contribution in [0.4, 0.5) is 4.39 Å². The number of carbonyl (C=O) groups is 1. The van der Waals surface area contributed by atoms with Crippen LogP contribution in [0.5, 0.6) is 0 Å². The number of nitrogens with two attached hydrogens (primary N) is 1. The Balaban J connectivity index is 1.60. The number of benzene rings is 1. The summed E-state index contributed by atoms with van der Waals surface area (Å²) >= 11 is 0. The first-order valence-electron chi connectivity index (χ1n) is 8.03. The Hall–Kier alpha value is -2.23. The lowest BCUT2D eigenvalue weighted by molar-refractivity contribution is 0.0995. The highest BCUT2D eigenvalue weighted by molar-refractivity contribution is 5.91. The number of pyridine rings is 1. The minimum Gasteiger partial charge on any atom is -0.364 e. The van der Waals surface area contributed by atoms with Gasteiger partial charge in [0, 0.05) is 22.6 Å². The summed E-state index contributed by atoms with van der Waals surface area (Å²) in [6.45, 7) is -0.201. The fraction of sp³-hybridized carbons (Fsp3) is 0.368. The monoisotopic (exact) mass is 310 g/mol. The van der Waals surface area contributed by atoms with E-state index >= 15 is 0 Å². The van der Waals surface area contributed by atoms with E-state index in [0.717, 1.165) is 36.8 Å². The molecule has 1 heterocycles. The molecular formula is C19H19FN2O. The first-order chi connectivity index (χ1) is 11.1. The summed E-state index contributed by atoms with van der Waals surface area (Å²) in [6.07, 6.45) is 5.90. The highest BCUT2D eigenvalue weighted by Gasteiger charge is 2.65. The van der Waals surface area contributed by atoms with E-state index in [1.165, 1.54) is 5.56 Å². The van der Waals surface area contributed by atoms with Gasteiger partial charge in [-0.15, -0.1) is 0 Å². The highest BCUT2D eigenvalue weighted by Crippen LogP contribution is 2.70. The van der Waals surface area contributed by atoms with Crippen molar-refractivity contribution in [2.75, 3.05) is 6.67 Å². The fourth-order valence-electron chi connectivity index (χ4n) is 3.83. The molecule has 0 atom stereocenters. The Morgan fingerprint density at radius 2 is 1.70 bits per heavy atom. The number of primary amides is 1. The standard InChI is InChI=1S/C19H19FN2O/c20-12-18(7-8-18)19(9-10-19)15-4-1-13(2-5-15)14-3-6-16(17(21)23)22-11-14/h1-6,11H,7-10,12H2,(H2,21,23). The minimum atomic E-state index is -0.525. The van der Waals surface area contributed by atoms with Gasteiger partial charge in [0.2, 0.25) is 0 Å². The largest absolute Gasteiger partial charge is 0.364 e. The topological polar surface area (TPSA) is 56.0 Å². The van der Waals surface area contributed by atoms with Crippen LogP contribution >= 0.6 is 0 Å². The number of alkyl halides is 1. The number of halogens is 1. The molecule has 0 spiro atoms. The van der Waals surface area contributed by atoms with E-state index in [1.54, 1.807) is 12.3 Å². The normalized spacial score (nSPS) is 20.0. The molecule has 0 saturated heterocycles. The minimum absolute atomic E-state index is 0.0777. The van der Waals surface area contributed by atoms with Crippen LogP contribution in [0.25, 0.3) is 11.1 Å². The van der Waals surface area contributed by atoms with Gasteiger partial charge in [0.05, 0.1) is 6.67 Å². The summed E-state index contributed by atoms with van der Waals surface area (Å²) in [5, 5.41) is 0. The first-order valence-corrected chi connectivity index (χ1v) is 8.03. The van der Waals surface area contributed by atoms with Crippen LogP contribution in [0, 0.1) is 5.41 Å². The third kappa shape index (κ3) is 2.16. The summed E-state index contributed by atoms with van der Waals surface area (Å²) in [5.41, 5.74) is 8.71. The lowest BCUT2D eigenvalue weighted by atomic mass is 9.80. The van der Waals surface area contributed by atoms with Gasteiger partial charge in [-0.05, 0) is 42.9 Å². The molecule has 2 saturated carbocycles. The van der Waals surface area contributed by atoms with Gasteiger partial charge in [-0.3, -0.25) is 14.2 Å². The van der Waals surface area contributed by atoms with Crippen molar-refractivity contribution in [2.45, 2.75) is 31.1 Å². The summed E-state index contributed by atoms with van der Waals surface area (Å²) in [4.78, 5) is 15.1. The Kier molecular flexibility index (Phi) is 3.05. The fourth-order valence-corrected chi connectivity index (χ4v) is 3.83. The Morgan fingerprint density at radius 3 is 2.13 bits per heavy atom. The molecule has 4 rings (SSSR count). The Labute approximate surface area is 134 Å². The number of rotatable bonds is 5. The predicted octanol–water partition coefficient (Wildman–Crippen LogP) is 3.63. The van der Waals surface area contributed by atoms with Crippen LogP contribution in [0.2, 0.25) is 0 Å². The average molecular weight is 310 g/mol. The van der Waals surface area contributed by atoms with Crippen LogP contribution in [-0.2, 0) is 5.41 Å². The van der Waals surface area contributed by atoms with Crippen molar-refractivity contribution in [1.29, 1.82) is 0 Å². The highest BCUT2D eigenvalue weighted by atomic mass is 19.1. The van der Waals surface area contributed by atoms with E-state index in [1.807, 2.05) is 6.07 Å². The van der Waals surface area contributed by atoms with Crippen molar-refractivity contribution in [3.63, 3.8) is 0 Å². The lowest BCUT2D eigenvalue weighted by Crippen LogP contribution is -2.23. The molecule has 1 amide bonds. The zero-order chi connectivity index (χ0) is 16.1. The lowest BCUT2D eigenvalue weighted by Gasteiger charge is -2.25. The van der Waals surface area contributed by atoms with Crippen LogP contribution in [0.15, 0.2) is 42.6 Å². The van der Waals surface area contributed by atoms with Gasteiger partial charge in [-0.1, -0.05) is 30.3 Å². The molecule has 4 heteroatoms. The van der Waals surface area contributed by atoms with Crippen molar-refractivity contribution in [3.05, 3.63) is 53.9 Å². The van der Waals surface area contributed by atoms with Crippen molar-refractivity contribution >= 4 is 5.91 Å². The van der Waals surface area contributed by atoms with Gasteiger partial charge in [-0.25, -0.2) is 0 Å². The Morgan fingerprint density at radius 1 is 1.04 bits per heavy atom. The molecule has 0 aliphatic heterocycles. The van der Waals surface area contributed by atoms with Crippen molar-refractivity contribution in [3.8, 4) is 11.1 Å². The maximum Gasteiger partial charge on any atom is 0.267 e. The van der Waals surface area contributed by atoms with Gasteiger partial charge in [-0.2, -0.15) is 0 Å². The number of hydrogen-bond acceptors (Lipinski definition) is 2. The number of nitrogens with zero attached hydrogens (tertiary/aromatic N) is 1. The molecule has 2 aromatic rings. The first kappa shape index (κ1) is 14.4. The van der Waals surface area contributed by atoms with Crippen molar-refractivity contribution in [1.82, 2.24) is 4.98 Å². The van der Waals surface area contributed by atoms with Gasteiger partial charge in [0.25, 0.3) is 5.91 Å². The predicted molar refractivity (Wildman–Crippen MR) is 86.7 cm³/mol. The van der Waals surface area contributed by atoms with E-state index < -0.39 is 5.91 Å². The summed E-state index contributed by atoms with van der Waals surface area (Å²) in [5.74, 6) is -0.525. The van der Waals surface area contributed by atoms with Crippen LogP contribution < -0.4 is 5.73 Å². The second-order valence-electron chi connectivity index (χ2n) is 6.87. The maximum atomic E-state index is 13.5. The van der Waals surface area contributed by atoms with Crippen LogP contribution in [-0.4, -0.2) is 17.6 Å².